The molecule has 1 unspecified atom stereocenters. The van der Waals surface area contributed by atoms with E-state index in [1.807, 2.05) is 60.7 Å². The topological polar surface area (TPSA) is 33.1 Å². The molecular weight excluding hydrogens is 378 g/mol. The molecule has 0 bridgehead atoms. The Labute approximate surface area is 176 Å². The number of hydrogen-bond donors (Lipinski definition) is 1. The first-order chi connectivity index (χ1) is 14.2. The fraction of sp³-hybridized carbons (Fsp3) is 0.115. The zero-order valence-electron chi connectivity index (χ0n) is 16.0. The van der Waals surface area contributed by atoms with Crippen LogP contribution in [0.15, 0.2) is 79.4 Å². The van der Waals surface area contributed by atoms with Gasteiger partial charge in [0.1, 0.15) is 0 Å². The molecule has 1 aromatic heterocycles. The monoisotopic (exact) mass is 398 g/mol. The third-order valence-electron chi connectivity index (χ3n) is 5.16. The van der Waals surface area contributed by atoms with E-state index in [9.17, 15) is 5.11 Å². The zero-order valence-corrected chi connectivity index (χ0v) is 16.7. The maximum atomic E-state index is 9.75. The number of hydrogen-bond acceptors (Lipinski definition) is 2. The van der Waals surface area contributed by atoms with Crippen LogP contribution in [-0.4, -0.2) is 16.7 Å². The highest BCUT2D eigenvalue weighted by molar-refractivity contribution is 6.31. The first-order valence-corrected chi connectivity index (χ1v) is 9.98. The third-order valence-corrected chi connectivity index (χ3v) is 5.40. The molecule has 143 valence electrons. The van der Waals surface area contributed by atoms with E-state index in [0.717, 1.165) is 38.9 Å². The lowest BCUT2D eigenvalue weighted by atomic mass is 9.83. The Kier molecular flexibility index (Phi) is 5.75. The minimum atomic E-state index is 0.00737. The molecule has 3 heteroatoms. The Hall–Kier alpha value is -2.94. The van der Waals surface area contributed by atoms with E-state index in [0.29, 0.717) is 11.4 Å². The highest BCUT2D eigenvalue weighted by Gasteiger charge is 2.20. The molecular formula is C26H21ClNO. The SMILES string of the molecule is C=Cc1cccc(C(CCO)c2[c]cccc2)c1-c1ccc2ccc(Cl)cc2n1. The molecule has 0 aliphatic rings. The van der Waals surface area contributed by atoms with Crippen LogP contribution in [0.1, 0.15) is 29.0 Å². The van der Waals surface area contributed by atoms with Gasteiger partial charge in [0.15, 0.2) is 0 Å². The fourth-order valence-electron chi connectivity index (χ4n) is 3.81. The lowest BCUT2D eigenvalue weighted by molar-refractivity contribution is 0.281. The summed E-state index contributed by atoms with van der Waals surface area (Å²) >= 11 is 6.19. The molecule has 3 aromatic carbocycles. The summed E-state index contributed by atoms with van der Waals surface area (Å²) in [5.41, 5.74) is 5.91. The molecule has 0 aliphatic heterocycles. The molecule has 4 rings (SSSR count). The summed E-state index contributed by atoms with van der Waals surface area (Å²) < 4.78 is 0. The smallest absolute Gasteiger partial charge is 0.0724 e. The van der Waals surface area contributed by atoms with E-state index in [-0.39, 0.29) is 12.5 Å². The van der Waals surface area contributed by atoms with Crippen LogP contribution in [0.3, 0.4) is 0 Å². The predicted octanol–water partition coefficient (Wildman–Crippen LogP) is 6.51. The van der Waals surface area contributed by atoms with Crippen LogP contribution >= 0.6 is 11.6 Å². The van der Waals surface area contributed by atoms with Crippen molar-refractivity contribution in [3.8, 4) is 11.3 Å². The Balaban J connectivity index is 1.94. The molecule has 2 nitrogen and oxygen atoms in total. The summed E-state index contributed by atoms with van der Waals surface area (Å²) in [4.78, 5) is 4.91. The fourth-order valence-corrected chi connectivity index (χ4v) is 3.97. The molecule has 1 atom stereocenters. The van der Waals surface area contributed by atoms with E-state index in [1.165, 1.54) is 0 Å². The number of benzene rings is 3. The van der Waals surface area contributed by atoms with Crippen LogP contribution in [0.2, 0.25) is 5.02 Å². The average molecular weight is 399 g/mol. The number of halogens is 1. The second kappa shape index (κ2) is 8.60. The summed E-state index contributed by atoms with van der Waals surface area (Å²) in [7, 11) is 0. The van der Waals surface area contributed by atoms with Gasteiger partial charge in [-0.1, -0.05) is 78.9 Å². The van der Waals surface area contributed by atoms with Crippen LogP contribution in [0, 0.1) is 6.07 Å². The standard InChI is InChI=1S/C26H21ClNO/c1-2-18-9-6-10-23(22(15-16-29)19-7-4-3-5-8-19)26(18)24-14-12-20-11-13-21(27)17-25(20)28-24/h2-7,9-14,17,22,29H,1,15-16H2. The molecule has 1 heterocycles. The van der Waals surface area contributed by atoms with Gasteiger partial charge in [-0.3, -0.25) is 0 Å². The van der Waals surface area contributed by atoms with Crippen LogP contribution in [0.5, 0.6) is 0 Å². The van der Waals surface area contributed by atoms with Gasteiger partial charge in [-0.15, -0.1) is 0 Å². The normalized spacial score (nSPS) is 12.1. The van der Waals surface area contributed by atoms with Gasteiger partial charge in [-0.2, -0.15) is 0 Å². The van der Waals surface area contributed by atoms with Crippen molar-refractivity contribution in [1.82, 2.24) is 4.98 Å². The molecule has 0 fully saturated rings. The number of fused-ring (bicyclic) bond motifs is 1. The van der Waals surface area contributed by atoms with E-state index >= 15 is 0 Å². The summed E-state index contributed by atoms with van der Waals surface area (Å²) in [6.45, 7) is 4.10. The molecule has 0 saturated carbocycles. The van der Waals surface area contributed by atoms with Crippen molar-refractivity contribution in [1.29, 1.82) is 0 Å². The summed E-state index contributed by atoms with van der Waals surface area (Å²) in [6.07, 6.45) is 2.46. The van der Waals surface area contributed by atoms with Crippen LogP contribution in [0.25, 0.3) is 28.2 Å². The van der Waals surface area contributed by atoms with Gasteiger partial charge >= 0.3 is 0 Å². The second-order valence-electron chi connectivity index (χ2n) is 6.93. The predicted molar refractivity (Wildman–Crippen MR) is 121 cm³/mol. The number of aromatic nitrogens is 1. The quantitative estimate of drug-likeness (QED) is 0.401. The zero-order chi connectivity index (χ0) is 20.2. The van der Waals surface area contributed by atoms with Crippen molar-refractivity contribution >= 4 is 28.6 Å². The molecule has 0 spiro atoms. The number of pyridine rings is 1. The summed E-state index contributed by atoms with van der Waals surface area (Å²) in [5.74, 6) is 0.00737. The van der Waals surface area contributed by atoms with Gasteiger partial charge in [0, 0.05) is 28.5 Å². The Morgan fingerprint density at radius 1 is 1.07 bits per heavy atom. The van der Waals surface area contributed by atoms with Gasteiger partial charge in [-0.25, -0.2) is 4.98 Å². The van der Waals surface area contributed by atoms with Crippen molar-refractivity contribution < 1.29 is 5.11 Å². The summed E-state index contributed by atoms with van der Waals surface area (Å²) in [6, 6.07) is 27.3. The Morgan fingerprint density at radius 2 is 1.93 bits per heavy atom. The van der Waals surface area contributed by atoms with Gasteiger partial charge in [0.05, 0.1) is 11.2 Å². The number of aliphatic hydroxyl groups is 1. The first-order valence-electron chi connectivity index (χ1n) is 9.61. The minimum Gasteiger partial charge on any atom is -0.396 e. The minimum absolute atomic E-state index is 0.00737. The molecule has 4 aromatic rings. The molecule has 1 radical (unpaired) electrons. The van der Waals surface area contributed by atoms with Crippen molar-refractivity contribution in [2.45, 2.75) is 12.3 Å². The number of nitrogens with zero attached hydrogens (tertiary/aromatic N) is 1. The van der Waals surface area contributed by atoms with Gasteiger partial charge < -0.3 is 5.11 Å². The molecule has 1 N–H and O–H groups in total. The van der Waals surface area contributed by atoms with Crippen LogP contribution in [-0.2, 0) is 0 Å². The Bertz CT molecular complexity index is 1150. The maximum absolute atomic E-state index is 9.75. The number of rotatable bonds is 6. The molecule has 0 saturated heterocycles. The molecule has 29 heavy (non-hydrogen) atoms. The van der Waals surface area contributed by atoms with E-state index in [2.05, 4.69) is 30.8 Å². The highest BCUT2D eigenvalue weighted by Crippen LogP contribution is 2.37. The molecule has 0 amide bonds. The average Bonchev–Trinajstić information content (AvgIpc) is 2.77. The van der Waals surface area contributed by atoms with Gasteiger partial charge in [-0.05, 0) is 47.4 Å². The lowest BCUT2D eigenvalue weighted by Gasteiger charge is -2.22. The highest BCUT2D eigenvalue weighted by atomic mass is 35.5. The largest absolute Gasteiger partial charge is 0.396 e. The van der Waals surface area contributed by atoms with E-state index in [4.69, 9.17) is 16.6 Å². The first kappa shape index (κ1) is 19.4. The van der Waals surface area contributed by atoms with Crippen molar-refractivity contribution in [3.63, 3.8) is 0 Å². The van der Waals surface area contributed by atoms with Crippen LogP contribution < -0.4 is 0 Å². The molecule has 0 aliphatic carbocycles. The van der Waals surface area contributed by atoms with Gasteiger partial charge in [0.25, 0.3) is 0 Å². The lowest BCUT2D eigenvalue weighted by Crippen LogP contribution is -2.07. The summed E-state index contributed by atoms with van der Waals surface area (Å²) in [5, 5.41) is 11.5. The van der Waals surface area contributed by atoms with E-state index < -0.39 is 0 Å². The Morgan fingerprint density at radius 3 is 2.69 bits per heavy atom. The van der Waals surface area contributed by atoms with Gasteiger partial charge in [0.2, 0.25) is 0 Å². The van der Waals surface area contributed by atoms with E-state index in [1.54, 1.807) is 0 Å². The second-order valence-corrected chi connectivity index (χ2v) is 7.37. The third kappa shape index (κ3) is 3.95. The number of aliphatic hydroxyl groups excluding tert-OH is 1. The van der Waals surface area contributed by atoms with Crippen molar-refractivity contribution in [2.75, 3.05) is 6.61 Å². The van der Waals surface area contributed by atoms with Crippen molar-refractivity contribution in [3.05, 3.63) is 107 Å². The van der Waals surface area contributed by atoms with Crippen LogP contribution in [0.4, 0.5) is 0 Å². The van der Waals surface area contributed by atoms with Crippen molar-refractivity contribution in [2.24, 2.45) is 0 Å². The maximum Gasteiger partial charge on any atom is 0.0724 e.